The second-order valence-corrected chi connectivity index (χ2v) is 9.90. The number of fused-ring (bicyclic) bond motifs is 2. The SMILES string of the molecule is Nc1cccc(COC(=O)C2=C(CCc3ccc4c(c3)OCO4)NC(=O)NC2c2ccc3c(c2)CCC(=O)N3)c1. The minimum Gasteiger partial charge on any atom is -0.457 e. The largest absolute Gasteiger partial charge is 0.457 e. The second-order valence-electron chi connectivity index (χ2n) is 9.90. The molecule has 3 aliphatic heterocycles. The first kappa shape index (κ1) is 25.3. The highest BCUT2D eigenvalue weighted by molar-refractivity contribution is 5.96. The highest BCUT2D eigenvalue weighted by Gasteiger charge is 2.34. The van der Waals surface area contributed by atoms with Gasteiger partial charge in [0.15, 0.2) is 11.5 Å². The summed E-state index contributed by atoms with van der Waals surface area (Å²) in [6.45, 7) is 0.209. The summed E-state index contributed by atoms with van der Waals surface area (Å²) in [4.78, 5) is 38.3. The van der Waals surface area contributed by atoms with Gasteiger partial charge in [0.1, 0.15) is 6.61 Å². The third-order valence-corrected chi connectivity index (χ3v) is 7.15. The van der Waals surface area contributed by atoms with Crippen molar-refractivity contribution in [3.63, 3.8) is 0 Å². The van der Waals surface area contributed by atoms with Gasteiger partial charge in [0.2, 0.25) is 12.7 Å². The van der Waals surface area contributed by atoms with Gasteiger partial charge in [-0.3, -0.25) is 4.79 Å². The number of hydrogen-bond donors (Lipinski definition) is 4. The molecule has 40 heavy (non-hydrogen) atoms. The second kappa shape index (κ2) is 10.6. The maximum atomic E-state index is 13.7. The van der Waals surface area contributed by atoms with Crippen molar-refractivity contribution in [3.8, 4) is 11.5 Å². The smallest absolute Gasteiger partial charge is 0.338 e. The highest BCUT2D eigenvalue weighted by atomic mass is 16.7. The van der Waals surface area contributed by atoms with E-state index < -0.39 is 18.0 Å². The Balaban J connectivity index is 1.32. The van der Waals surface area contributed by atoms with Crippen LogP contribution in [0.3, 0.4) is 0 Å². The molecular formula is C30H28N4O6. The Labute approximate surface area is 230 Å². The van der Waals surface area contributed by atoms with E-state index in [0.717, 1.165) is 27.9 Å². The van der Waals surface area contributed by atoms with Gasteiger partial charge in [-0.15, -0.1) is 0 Å². The van der Waals surface area contributed by atoms with Crippen LogP contribution in [0.5, 0.6) is 11.5 Å². The number of nitrogens with one attached hydrogen (secondary N) is 3. The highest BCUT2D eigenvalue weighted by Crippen LogP contribution is 2.35. The van der Waals surface area contributed by atoms with Gasteiger partial charge in [-0.25, -0.2) is 9.59 Å². The van der Waals surface area contributed by atoms with Crippen molar-refractivity contribution in [2.24, 2.45) is 0 Å². The molecule has 5 N–H and O–H groups in total. The summed E-state index contributed by atoms with van der Waals surface area (Å²) in [5.74, 6) is 0.771. The molecule has 3 amide bonds. The van der Waals surface area contributed by atoms with Gasteiger partial charge in [0.05, 0.1) is 11.6 Å². The number of esters is 1. The lowest BCUT2D eigenvalue weighted by atomic mass is 9.90. The molecular weight excluding hydrogens is 512 g/mol. The average Bonchev–Trinajstić information content (AvgIpc) is 3.42. The zero-order valence-corrected chi connectivity index (χ0v) is 21.6. The van der Waals surface area contributed by atoms with Gasteiger partial charge in [-0.05, 0) is 71.8 Å². The van der Waals surface area contributed by atoms with E-state index in [4.69, 9.17) is 19.9 Å². The summed E-state index contributed by atoms with van der Waals surface area (Å²) in [7, 11) is 0. The van der Waals surface area contributed by atoms with E-state index in [2.05, 4.69) is 16.0 Å². The number of allylic oxidation sites excluding steroid dienone is 1. The lowest BCUT2D eigenvalue weighted by Crippen LogP contribution is -2.46. The molecule has 3 aromatic rings. The predicted molar refractivity (Wildman–Crippen MR) is 146 cm³/mol. The average molecular weight is 541 g/mol. The molecule has 3 aromatic carbocycles. The quantitative estimate of drug-likeness (QED) is 0.263. The zero-order chi connectivity index (χ0) is 27.6. The summed E-state index contributed by atoms with van der Waals surface area (Å²) in [6.07, 6.45) is 1.87. The Morgan fingerprint density at radius 1 is 0.925 bits per heavy atom. The molecule has 1 unspecified atom stereocenters. The summed E-state index contributed by atoms with van der Waals surface area (Å²) in [6, 6.07) is 17.2. The first-order valence-electron chi connectivity index (χ1n) is 13.1. The Bertz CT molecular complexity index is 1550. The van der Waals surface area contributed by atoms with Crippen molar-refractivity contribution in [2.45, 2.75) is 38.3 Å². The van der Waals surface area contributed by atoms with E-state index in [1.807, 2.05) is 30.3 Å². The molecule has 0 radical (unpaired) electrons. The molecule has 10 nitrogen and oxygen atoms in total. The molecule has 1 atom stereocenters. The zero-order valence-electron chi connectivity index (χ0n) is 21.6. The Morgan fingerprint density at radius 2 is 1.80 bits per heavy atom. The van der Waals surface area contributed by atoms with Gasteiger partial charge in [-0.1, -0.05) is 30.3 Å². The summed E-state index contributed by atoms with van der Waals surface area (Å²) >= 11 is 0. The first-order valence-corrected chi connectivity index (χ1v) is 13.1. The molecule has 6 rings (SSSR count). The fraction of sp³-hybridized carbons (Fsp3) is 0.233. The lowest BCUT2D eigenvalue weighted by molar-refractivity contribution is -0.140. The van der Waals surface area contributed by atoms with Crippen LogP contribution in [0.25, 0.3) is 0 Å². The van der Waals surface area contributed by atoms with E-state index >= 15 is 0 Å². The van der Waals surface area contributed by atoms with Crippen LogP contribution in [0.4, 0.5) is 16.2 Å². The number of anilines is 2. The number of urea groups is 1. The molecule has 204 valence electrons. The van der Waals surface area contributed by atoms with Crippen molar-refractivity contribution in [1.29, 1.82) is 0 Å². The molecule has 0 bridgehead atoms. The summed E-state index contributed by atoms with van der Waals surface area (Å²) in [5.41, 5.74) is 11.4. The molecule has 0 fully saturated rings. The van der Waals surface area contributed by atoms with Crippen molar-refractivity contribution in [1.82, 2.24) is 10.6 Å². The maximum absolute atomic E-state index is 13.7. The number of carbonyl (C=O) groups excluding carboxylic acids is 3. The predicted octanol–water partition coefficient (Wildman–Crippen LogP) is 3.87. The van der Waals surface area contributed by atoms with Crippen LogP contribution in [-0.4, -0.2) is 24.7 Å². The first-order chi connectivity index (χ1) is 19.4. The topological polar surface area (TPSA) is 141 Å². The Kier molecular flexibility index (Phi) is 6.73. The van der Waals surface area contributed by atoms with Crippen LogP contribution in [0.1, 0.15) is 41.1 Å². The maximum Gasteiger partial charge on any atom is 0.338 e. The number of benzene rings is 3. The van der Waals surface area contributed by atoms with Crippen LogP contribution in [0.15, 0.2) is 71.9 Å². The number of nitrogen functional groups attached to an aromatic ring is 1. The van der Waals surface area contributed by atoms with E-state index in [9.17, 15) is 14.4 Å². The number of ether oxygens (including phenoxy) is 3. The summed E-state index contributed by atoms with van der Waals surface area (Å²) in [5, 5.41) is 8.61. The van der Waals surface area contributed by atoms with Crippen LogP contribution in [-0.2, 0) is 33.8 Å². The van der Waals surface area contributed by atoms with Crippen molar-refractivity contribution >= 4 is 29.3 Å². The minimum absolute atomic E-state index is 0.0275. The van der Waals surface area contributed by atoms with Gasteiger partial charge < -0.3 is 35.9 Å². The lowest BCUT2D eigenvalue weighted by Gasteiger charge is -2.30. The van der Waals surface area contributed by atoms with E-state index in [-0.39, 0.29) is 19.3 Å². The third-order valence-electron chi connectivity index (χ3n) is 7.15. The molecule has 3 heterocycles. The normalized spacial score (nSPS) is 17.4. The molecule has 0 saturated carbocycles. The number of aryl methyl sites for hydroxylation is 2. The summed E-state index contributed by atoms with van der Waals surface area (Å²) < 4.78 is 16.6. The molecule has 0 saturated heterocycles. The van der Waals surface area contributed by atoms with E-state index in [1.54, 1.807) is 30.3 Å². The molecule has 3 aliphatic rings. The van der Waals surface area contributed by atoms with Crippen LogP contribution >= 0.6 is 0 Å². The van der Waals surface area contributed by atoms with E-state index in [0.29, 0.717) is 54.1 Å². The molecule has 0 spiro atoms. The number of carbonyl (C=O) groups is 3. The number of rotatable bonds is 7. The minimum atomic E-state index is -0.739. The number of nitrogens with two attached hydrogens (primary N) is 1. The van der Waals surface area contributed by atoms with Gasteiger partial charge >= 0.3 is 12.0 Å². The van der Waals surface area contributed by atoms with Crippen molar-refractivity contribution in [3.05, 3.63) is 94.2 Å². The van der Waals surface area contributed by atoms with Gasteiger partial charge in [0, 0.05) is 23.5 Å². The van der Waals surface area contributed by atoms with Crippen LogP contribution in [0.2, 0.25) is 0 Å². The monoisotopic (exact) mass is 540 g/mol. The van der Waals surface area contributed by atoms with Crippen molar-refractivity contribution in [2.75, 3.05) is 17.8 Å². The van der Waals surface area contributed by atoms with Gasteiger partial charge in [-0.2, -0.15) is 0 Å². The third kappa shape index (κ3) is 5.28. The standard InChI is InChI=1S/C30H28N4O6/c31-21-3-1-2-18(12-21)15-38-29(36)27-23(8-4-17-5-10-24-25(13-17)40-16-39-24)33-30(37)34-28(27)20-6-9-22-19(14-20)7-11-26(35)32-22/h1-3,5-6,9-10,12-14,28H,4,7-8,11,15-16,31H2,(H,32,35)(H2,33,34,37). The van der Waals surface area contributed by atoms with Crippen LogP contribution < -0.4 is 31.2 Å². The van der Waals surface area contributed by atoms with Gasteiger partial charge in [0.25, 0.3) is 0 Å². The molecule has 0 aliphatic carbocycles. The Morgan fingerprint density at radius 3 is 2.67 bits per heavy atom. The molecule has 10 heteroatoms. The van der Waals surface area contributed by atoms with Crippen molar-refractivity contribution < 1.29 is 28.6 Å². The number of amides is 3. The van der Waals surface area contributed by atoms with Crippen LogP contribution in [0, 0.1) is 0 Å². The Hall–Kier alpha value is -4.99. The molecule has 0 aromatic heterocycles. The number of hydrogen-bond acceptors (Lipinski definition) is 7. The fourth-order valence-corrected chi connectivity index (χ4v) is 5.16. The fourth-order valence-electron chi connectivity index (χ4n) is 5.16. The van der Waals surface area contributed by atoms with E-state index in [1.165, 1.54) is 0 Å².